The molecule has 0 nitrogen and oxygen atoms in total. The van der Waals surface area contributed by atoms with E-state index in [1.54, 1.807) is 0 Å². The number of rotatable bonds is 0. The number of fused-ring (bicyclic) bond motifs is 1. The Morgan fingerprint density at radius 3 is 1.64 bits per heavy atom. The van der Waals surface area contributed by atoms with Gasteiger partial charge >= 0.3 is 0 Å². The van der Waals surface area contributed by atoms with Crippen LogP contribution in [0, 0.1) is 17.3 Å². The zero-order valence-corrected chi connectivity index (χ0v) is 8.48. The van der Waals surface area contributed by atoms with Crippen LogP contribution >= 0.6 is 0 Å². The van der Waals surface area contributed by atoms with E-state index >= 15 is 0 Å². The van der Waals surface area contributed by atoms with Gasteiger partial charge in [-0.2, -0.15) is 0 Å². The molecule has 0 aromatic heterocycles. The van der Waals surface area contributed by atoms with Crippen LogP contribution in [0.3, 0.4) is 0 Å². The quantitative estimate of drug-likeness (QED) is 0.497. The highest BCUT2D eigenvalue weighted by molar-refractivity contribution is 5.07. The van der Waals surface area contributed by atoms with Gasteiger partial charge in [-0.15, -0.1) is 0 Å². The predicted molar refractivity (Wildman–Crippen MR) is 50.6 cm³/mol. The lowest BCUT2D eigenvalue weighted by atomic mass is 10.0. The van der Waals surface area contributed by atoms with Gasteiger partial charge < -0.3 is 0 Å². The van der Waals surface area contributed by atoms with Crippen molar-refractivity contribution in [3.8, 4) is 0 Å². The highest BCUT2D eigenvalue weighted by Crippen LogP contribution is 2.66. The molecular formula is C11H22. The summed E-state index contributed by atoms with van der Waals surface area (Å²) >= 11 is 0. The monoisotopic (exact) mass is 154 g/mol. The first-order valence-electron chi connectivity index (χ1n) is 5.14. The largest absolute Gasteiger partial charge is 0.0656 e. The van der Waals surface area contributed by atoms with Gasteiger partial charge in [-0.25, -0.2) is 0 Å². The Kier molecular flexibility index (Phi) is 2.61. The molecule has 0 N–H and O–H groups in total. The first-order valence-corrected chi connectivity index (χ1v) is 5.14. The molecule has 2 rings (SSSR count). The molecule has 2 aliphatic carbocycles. The summed E-state index contributed by atoms with van der Waals surface area (Å²) in [4.78, 5) is 0. The second-order valence-electron chi connectivity index (χ2n) is 4.67. The van der Waals surface area contributed by atoms with E-state index in [0.717, 1.165) is 17.3 Å². The first-order chi connectivity index (χ1) is 5.14. The van der Waals surface area contributed by atoms with E-state index in [-0.39, 0.29) is 0 Å². The lowest BCUT2D eigenvalue weighted by molar-refractivity contribution is 0.465. The zero-order valence-electron chi connectivity index (χ0n) is 8.48. The standard InChI is InChI=1S/C8H14.C3H8/c1-8(2)6-4-3-5-7(6)8;1-3-2/h6-7H,3-5H2,1-2H3;3H2,1-2H3/t6-,7+;. The van der Waals surface area contributed by atoms with Crippen LogP contribution in [0.1, 0.15) is 53.4 Å². The average Bonchev–Trinajstić information content (AvgIpc) is 2.30. The molecule has 2 fully saturated rings. The van der Waals surface area contributed by atoms with Gasteiger partial charge in [-0.1, -0.05) is 40.5 Å². The molecule has 2 aliphatic rings. The van der Waals surface area contributed by atoms with Crippen LogP contribution in [-0.4, -0.2) is 0 Å². The van der Waals surface area contributed by atoms with Crippen molar-refractivity contribution in [3.63, 3.8) is 0 Å². The van der Waals surface area contributed by atoms with Gasteiger partial charge in [0.2, 0.25) is 0 Å². The Labute approximate surface area is 71.4 Å². The topological polar surface area (TPSA) is 0 Å². The van der Waals surface area contributed by atoms with Gasteiger partial charge in [0.15, 0.2) is 0 Å². The Balaban J connectivity index is 0.000000179. The highest BCUT2D eigenvalue weighted by Gasteiger charge is 2.58. The normalized spacial score (nSPS) is 37.1. The molecule has 0 heterocycles. The van der Waals surface area contributed by atoms with Crippen LogP contribution in [0.25, 0.3) is 0 Å². The molecule has 0 aromatic carbocycles. The molecule has 0 radical (unpaired) electrons. The molecule has 2 saturated carbocycles. The third-order valence-electron chi connectivity index (χ3n) is 3.32. The van der Waals surface area contributed by atoms with Gasteiger partial charge in [0.25, 0.3) is 0 Å². The fourth-order valence-corrected chi connectivity index (χ4v) is 2.56. The summed E-state index contributed by atoms with van der Waals surface area (Å²) in [5, 5.41) is 0. The second-order valence-corrected chi connectivity index (χ2v) is 4.67. The van der Waals surface area contributed by atoms with Crippen LogP contribution in [0.5, 0.6) is 0 Å². The van der Waals surface area contributed by atoms with Crippen LogP contribution in [0.4, 0.5) is 0 Å². The van der Waals surface area contributed by atoms with Crippen LogP contribution < -0.4 is 0 Å². The smallest absolute Gasteiger partial charge is 0.0292 e. The van der Waals surface area contributed by atoms with Crippen molar-refractivity contribution in [3.05, 3.63) is 0 Å². The Bertz CT molecular complexity index is 112. The van der Waals surface area contributed by atoms with Crippen LogP contribution in [-0.2, 0) is 0 Å². The molecule has 0 bridgehead atoms. The van der Waals surface area contributed by atoms with E-state index in [0.29, 0.717) is 0 Å². The van der Waals surface area contributed by atoms with Crippen molar-refractivity contribution in [1.82, 2.24) is 0 Å². The molecule has 0 aliphatic heterocycles. The minimum atomic E-state index is 0.762. The lowest BCUT2D eigenvalue weighted by Gasteiger charge is -2.04. The summed E-state index contributed by atoms with van der Waals surface area (Å²) in [5.41, 5.74) is 0.762. The first kappa shape index (κ1) is 9.09. The van der Waals surface area contributed by atoms with E-state index < -0.39 is 0 Å². The summed E-state index contributed by atoms with van der Waals surface area (Å²) in [6.45, 7) is 9.09. The Morgan fingerprint density at radius 2 is 1.45 bits per heavy atom. The highest BCUT2D eigenvalue weighted by atomic mass is 14.6. The van der Waals surface area contributed by atoms with Gasteiger partial charge in [0.1, 0.15) is 0 Å². The van der Waals surface area contributed by atoms with Crippen molar-refractivity contribution in [2.45, 2.75) is 53.4 Å². The molecule has 2 atom stereocenters. The molecule has 66 valence electrons. The third kappa shape index (κ3) is 1.60. The van der Waals surface area contributed by atoms with E-state index in [4.69, 9.17) is 0 Å². The summed E-state index contributed by atoms with van der Waals surface area (Å²) in [6.07, 6.45) is 5.81. The van der Waals surface area contributed by atoms with E-state index in [9.17, 15) is 0 Å². The van der Waals surface area contributed by atoms with E-state index in [2.05, 4.69) is 27.7 Å². The fourth-order valence-electron chi connectivity index (χ4n) is 2.56. The molecule has 0 heteroatoms. The fraction of sp³-hybridized carbons (Fsp3) is 1.00. The maximum Gasteiger partial charge on any atom is -0.0292 e. The minimum absolute atomic E-state index is 0.762. The van der Waals surface area contributed by atoms with Crippen molar-refractivity contribution in [1.29, 1.82) is 0 Å². The van der Waals surface area contributed by atoms with Crippen molar-refractivity contribution in [2.24, 2.45) is 17.3 Å². The molecule has 11 heavy (non-hydrogen) atoms. The molecular weight excluding hydrogens is 132 g/mol. The van der Waals surface area contributed by atoms with E-state index in [1.165, 1.54) is 25.7 Å². The van der Waals surface area contributed by atoms with Gasteiger partial charge in [0, 0.05) is 0 Å². The summed E-state index contributed by atoms with van der Waals surface area (Å²) in [6, 6.07) is 0. The van der Waals surface area contributed by atoms with E-state index in [1.807, 2.05) is 0 Å². The zero-order chi connectivity index (χ0) is 8.48. The van der Waals surface area contributed by atoms with Gasteiger partial charge in [0.05, 0.1) is 0 Å². The predicted octanol–water partition coefficient (Wildman–Crippen LogP) is 3.86. The lowest BCUT2D eigenvalue weighted by Crippen LogP contribution is -1.94. The van der Waals surface area contributed by atoms with Crippen molar-refractivity contribution >= 4 is 0 Å². The van der Waals surface area contributed by atoms with Crippen LogP contribution in [0.2, 0.25) is 0 Å². The minimum Gasteiger partial charge on any atom is -0.0656 e. The number of hydrogen-bond donors (Lipinski definition) is 0. The maximum atomic E-state index is 2.42. The summed E-state index contributed by atoms with van der Waals surface area (Å²) in [7, 11) is 0. The Morgan fingerprint density at radius 1 is 1.09 bits per heavy atom. The third-order valence-corrected chi connectivity index (χ3v) is 3.32. The van der Waals surface area contributed by atoms with Crippen molar-refractivity contribution in [2.75, 3.05) is 0 Å². The van der Waals surface area contributed by atoms with Crippen LogP contribution in [0.15, 0.2) is 0 Å². The van der Waals surface area contributed by atoms with Gasteiger partial charge in [-0.3, -0.25) is 0 Å². The Hall–Kier alpha value is 0. The van der Waals surface area contributed by atoms with Gasteiger partial charge in [-0.05, 0) is 30.1 Å². The second kappa shape index (κ2) is 3.16. The average molecular weight is 154 g/mol. The SMILES string of the molecule is CC1(C)[C@@H]2CCC[C@@H]21.CCC. The maximum absolute atomic E-state index is 2.42. The summed E-state index contributed by atoms with van der Waals surface area (Å²) in [5.74, 6) is 2.25. The molecule has 0 saturated heterocycles. The molecule has 0 aromatic rings. The van der Waals surface area contributed by atoms with Crippen molar-refractivity contribution < 1.29 is 0 Å². The molecule has 0 spiro atoms. The molecule has 0 unspecified atom stereocenters. The molecule has 0 amide bonds. The number of hydrogen-bond acceptors (Lipinski definition) is 0. The summed E-state index contributed by atoms with van der Waals surface area (Å²) < 4.78 is 0.